The number of carbonyl (C=O) groups is 2. The zero-order valence-corrected chi connectivity index (χ0v) is 19.9. The Morgan fingerprint density at radius 3 is 2.27 bits per heavy atom. The summed E-state index contributed by atoms with van der Waals surface area (Å²) in [4.78, 5) is 28.3. The third-order valence-corrected chi connectivity index (χ3v) is 6.84. The maximum Gasteiger partial charge on any atom is 0.295 e. The van der Waals surface area contributed by atoms with Gasteiger partial charge < -0.3 is 14.7 Å². The predicted octanol–water partition coefficient (Wildman–Crippen LogP) is 5.75. The lowest BCUT2D eigenvalue weighted by Gasteiger charge is -2.35. The molecule has 2 aromatic rings. The molecule has 1 N–H and O–H groups in total. The van der Waals surface area contributed by atoms with Gasteiger partial charge in [-0.1, -0.05) is 70.4 Å². The highest BCUT2D eigenvalue weighted by molar-refractivity contribution is 6.46. The van der Waals surface area contributed by atoms with Crippen molar-refractivity contribution in [3.8, 4) is 5.75 Å². The Labute approximate surface area is 196 Å². The molecule has 1 aliphatic carbocycles. The van der Waals surface area contributed by atoms with Crippen molar-refractivity contribution in [1.82, 2.24) is 4.90 Å². The predicted molar refractivity (Wildman–Crippen MR) is 129 cm³/mol. The van der Waals surface area contributed by atoms with Crippen LogP contribution in [0.15, 0.2) is 54.1 Å². The molecule has 1 aliphatic heterocycles. The number of benzene rings is 2. The molecule has 1 atom stereocenters. The molecule has 1 amide bonds. The molecule has 174 valence electrons. The molecule has 2 aromatic carbocycles. The highest BCUT2D eigenvalue weighted by Crippen LogP contribution is 2.43. The summed E-state index contributed by atoms with van der Waals surface area (Å²) in [7, 11) is 1.62. The zero-order valence-electron chi connectivity index (χ0n) is 19.9. The van der Waals surface area contributed by atoms with E-state index in [1.165, 1.54) is 0 Å². The molecular weight excluding hydrogens is 414 g/mol. The van der Waals surface area contributed by atoms with E-state index in [-0.39, 0.29) is 22.8 Å². The number of ketones is 1. The molecule has 1 saturated heterocycles. The summed E-state index contributed by atoms with van der Waals surface area (Å²) in [5, 5.41) is 11.4. The molecule has 1 heterocycles. The van der Waals surface area contributed by atoms with E-state index in [1.807, 2.05) is 42.5 Å². The second-order valence-corrected chi connectivity index (χ2v) is 10.1. The first-order valence-electron chi connectivity index (χ1n) is 11.8. The molecule has 33 heavy (non-hydrogen) atoms. The minimum absolute atomic E-state index is 0.00621. The number of rotatable bonds is 4. The number of likely N-dealkylation sites (tertiary alicyclic amines) is 1. The first kappa shape index (κ1) is 23.1. The minimum atomic E-state index is -0.611. The summed E-state index contributed by atoms with van der Waals surface area (Å²) in [5.41, 5.74) is 2.22. The Bertz CT molecular complexity index is 1070. The van der Waals surface area contributed by atoms with Gasteiger partial charge in [0, 0.05) is 17.2 Å². The van der Waals surface area contributed by atoms with E-state index in [9.17, 15) is 14.7 Å². The van der Waals surface area contributed by atoms with Gasteiger partial charge in [0.25, 0.3) is 11.7 Å². The number of ether oxygens (including phenoxy) is 1. The molecule has 1 saturated carbocycles. The Balaban J connectivity index is 1.88. The van der Waals surface area contributed by atoms with Gasteiger partial charge in [0.15, 0.2) is 0 Å². The molecule has 1 unspecified atom stereocenters. The second kappa shape index (κ2) is 9.05. The van der Waals surface area contributed by atoms with Gasteiger partial charge in [-0.2, -0.15) is 0 Å². The van der Waals surface area contributed by atoms with E-state index in [2.05, 4.69) is 20.8 Å². The number of aliphatic hydroxyl groups excluding tert-OH is 1. The quantitative estimate of drug-likeness (QED) is 0.368. The van der Waals surface area contributed by atoms with Gasteiger partial charge in [0.2, 0.25) is 0 Å². The molecule has 5 nitrogen and oxygen atoms in total. The fraction of sp³-hybridized carbons (Fsp3) is 0.429. The topological polar surface area (TPSA) is 66.8 Å². The lowest BCUT2D eigenvalue weighted by atomic mass is 9.84. The number of carbonyl (C=O) groups excluding carboxylic acids is 2. The van der Waals surface area contributed by atoms with E-state index >= 15 is 0 Å². The molecule has 0 radical (unpaired) electrons. The van der Waals surface area contributed by atoms with Crippen molar-refractivity contribution in [2.75, 3.05) is 7.11 Å². The van der Waals surface area contributed by atoms with Gasteiger partial charge >= 0.3 is 0 Å². The highest BCUT2D eigenvalue weighted by Gasteiger charge is 2.48. The van der Waals surface area contributed by atoms with E-state index in [0.717, 1.165) is 49.0 Å². The maximum absolute atomic E-state index is 13.3. The number of methoxy groups -OCH3 is 1. The second-order valence-electron chi connectivity index (χ2n) is 10.1. The summed E-state index contributed by atoms with van der Waals surface area (Å²) >= 11 is 0. The Morgan fingerprint density at radius 2 is 1.67 bits per heavy atom. The fourth-order valence-electron chi connectivity index (χ4n) is 5.15. The smallest absolute Gasteiger partial charge is 0.295 e. The van der Waals surface area contributed by atoms with Crippen LogP contribution in [-0.4, -0.2) is 34.8 Å². The van der Waals surface area contributed by atoms with Crippen molar-refractivity contribution in [2.45, 2.75) is 70.4 Å². The van der Waals surface area contributed by atoms with Gasteiger partial charge in [-0.25, -0.2) is 0 Å². The number of hydrogen-bond donors (Lipinski definition) is 1. The summed E-state index contributed by atoms with van der Waals surface area (Å²) in [6.07, 6.45) is 5.00. The normalized spacial score (nSPS) is 21.5. The van der Waals surface area contributed by atoms with Crippen LogP contribution >= 0.6 is 0 Å². The summed E-state index contributed by atoms with van der Waals surface area (Å²) in [6.45, 7) is 6.21. The van der Waals surface area contributed by atoms with Crippen LogP contribution in [0.1, 0.15) is 75.6 Å². The van der Waals surface area contributed by atoms with E-state index < -0.39 is 17.7 Å². The molecule has 0 aromatic heterocycles. The summed E-state index contributed by atoms with van der Waals surface area (Å²) < 4.78 is 5.53. The lowest BCUT2D eigenvalue weighted by molar-refractivity contribution is -0.141. The Morgan fingerprint density at radius 1 is 1.00 bits per heavy atom. The first-order chi connectivity index (χ1) is 15.7. The van der Waals surface area contributed by atoms with Gasteiger partial charge in [-0.15, -0.1) is 0 Å². The van der Waals surface area contributed by atoms with Crippen molar-refractivity contribution < 1.29 is 19.4 Å². The monoisotopic (exact) mass is 447 g/mol. The van der Waals surface area contributed by atoms with Crippen LogP contribution in [0.25, 0.3) is 5.76 Å². The number of amides is 1. The molecule has 5 heteroatoms. The van der Waals surface area contributed by atoms with Crippen LogP contribution in [0.5, 0.6) is 5.75 Å². The van der Waals surface area contributed by atoms with Crippen molar-refractivity contribution >= 4 is 17.4 Å². The summed E-state index contributed by atoms with van der Waals surface area (Å²) in [6, 6.07) is 14.4. The minimum Gasteiger partial charge on any atom is -0.507 e. The van der Waals surface area contributed by atoms with E-state index in [4.69, 9.17) is 4.74 Å². The molecule has 2 aliphatic rings. The first-order valence-corrected chi connectivity index (χ1v) is 11.8. The number of hydrogen-bond acceptors (Lipinski definition) is 4. The van der Waals surface area contributed by atoms with Gasteiger partial charge in [0.1, 0.15) is 11.5 Å². The molecule has 4 rings (SSSR count). The van der Waals surface area contributed by atoms with Gasteiger partial charge in [-0.05, 0) is 42.0 Å². The third kappa shape index (κ3) is 4.29. The molecule has 2 fully saturated rings. The van der Waals surface area contributed by atoms with E-state index in [1.54, 1.807) is 18.1 Å². The number of Topliss-reactive ketones (excluding diaryl/α,β-unsaturated/α-hetero) is 1. The van der Waals surface area contributed by atoms with Crippen LogP contribution in [0, 0.1) is 0 Å². The standard InChI is InChI=1S/C28H33NO4/c1-28(2,3)21-17-19(15-16-22(21)33-4)25(30)23-24(18-11-7-5-8-12-18)29(27(32)26(23)31)20-13-9-6-10-14-20/h5,7-8,11-12,15-17,20,24,30H,6,9-10,13-14H2,1-4H3/b25-23-. The van der Waals surface area contributed by atoms with Crippen molar-refractivity contribution in [3.63, 3.8) is 0 Å². The molecular formula is C28H33NO4. The largest absolute Gasteiger partial charge is 0.507 e. The Kier molecular flexibility index (Phi) is 6.33. The number of aliphatic hydroxyl groups is 1. The van der Waals surface area contributed by atoms with Crippen LogP contribution in [0.4, 0.5) is 0 Å². The highest BCUT2D eigenvalue weighted by atomic mass is 16.5. The summed E-state index contributed by atoms with van der Waals surface area (Å²) in [5.74, 6) is -0.531. The SMILES string of the molecule is COc1ccc(/C(O)=C2/C(=O)C(=O)N(C3CCCCC3)C2c2ccccc2)cc1C(C)(C)C. The van der Waals surface area contributed by atoms with Crippen LogP contribution in [0.2, 0.25) is 0 Å². The molecule has 0 bridgehead atoms. The van der Waals surface area contributed by atoms with Crippen molar-refractivity contribution in [1.29, 1.82) is 0 Å². The lowest BCUT2D eigenvalue weighted by Crippen LogP contribution is -2.40. The van der Waals surface area contributed by atoms with E-state index in [0.29, 0.717) is 5.56 Å². The number of nitrogens with zero attached hydrogens (tertiary/aromatic N) is 1. The third-order valence-electron chi connectivity index (χ3n) is 6.84. The average molecular weight is 448 g/mol. The van der Waals surface area contributed by atoms with Crippen LogP contribution in [0.3, 0.4) is 0 Å². The van der Waals surface area contributed by atoms with Crippen LogP contribution in [-0.2, 0) is 15.0 Å². The average Bonchev–Trinajstić information content (AvgIpc) is 3.09. The van der Waals surface area contributed by atoms with Gasteiger partial charge in [0.05, 0.1) is 18.7 Å². The van der Waals surface area contributed by atoms with Crippen molar-refractivity contribution in [3.05, 3.63) is 70.8 Å². The van der Waals surface area contributed by atoms with Gasteiger partial charge in [-0.3, -0.25) is 9.59 Å². The van der Waals surface area contributed by atoms with Crippen molar-refractivity contribution in [2.24, 2.45) is 0 Å². The Hall–Kier alpha value is -3.08. The molecule has 0 spiro atoms. The fourth-order valence-corrected chi connectivity index (χ4v) is 5.15. The van der Waals surface area contributed by atoms with Crippen LogP contribution < -0.4 is 4.74 Å². The maximum atomic E-state index is 13.3. The zero-order chi connectivity index (χ0) is 23.8.